The Morgan fingerprint density at radius 1 is 1.78 bits per heavy atom. The maximum atomic E-state index is 10.2. The van der Waals surface area contributed by atoms with E-state index in [0.29, 0.717) is 0 Å². The first kappa shape index (κ1) is 7.95. The molecule has 0 aliphatic rings. The molecule has 1 N–H and O–H groups in total. The Hall–Kier alpha value is -1.05. The van der Waals surface area contributed by atoms with Gasteiger partial charge in [-0.05, 0) is 6.42 Å². The van der Waals surface area contributed by atoms with Crippen molar-refractivity contribution >= 4 is 5.97 Å². The molecule has 2 heteroatoms. The van der Waals surface area contributed by atoms with Gasteiger partial charge in [-0.3, -0.25) is 0 Å². The van der Waals surface area contributed by atoms with Gasteiger partial charge in [0, 0.05) is 0 Å². The van der Waals surface area contributed by atoms with Crippen molar-refractivity contribution in [1.82, 2.24) is 0 Å². The number of rotatable bonds is 3. The third-order valence-corrected chi connectivity index (χ3v) is 0.891. The molecule has 0 aliphatic heterocycles. The Morgan fingerprint density at radius 2 is 2.33 bits per heavy atom. The van der Waals surface area contributed by atoms with E-state index in [1.54, 1.807) is 6.08 Å². The molecular weight excluding hydrogens is 116 g/mol. The summed E-state index contributed by atoms with van der Waals surface area (Å²) in [5.74, 6) is -0.910. The van der Waals surface area contributed by atoms with Gasteiger partial charge < -0.3 is 5.11 Å². The van der Waals surface area contributed by atoms with E-state index in [2.05, 4.69) is 6.58 Å². The highest BCUT2D eigenvalue weighted by atomic mass is 16.4. The zero-order valence-corrected chi connectivity index (χ0v) is 5.42. The predicted molar refractivity (Wildman–Crippen MR) is 36.2 cm³/mol. The Labute approximate surface area is 54.5 Å². The van der Waals surface area contributed by atoms with Crippen molar-refractivity contribution in [3.8, 4) is 0 Å². The van der Waals surface area contributed by atoms with Crippen molar-refractivity contribution in [2.75, 3.05) is 0 Å². The zero-order valence-electron chi connectivity index (χ0n) is 5.42. The molecule has 0 atom stereocenters. The van der Waals surface area contributed by atoms with Gasteiger partial charge in [0.15, 0.2) is 0 Å². The lowest BCUT2D eigenvalue weighted by atomic mass is 10.2. The Bertz CT molecular complexity index is 145. The topological polar surface area (TPSA) is 37.3 Å². The summed E-state index contributed by atoms with van der Waals surface area (Å²) in [6.45, 7) is 5.23. The minimum absolute atomic E-state index is 0.275. The highest BCUT2D eigenvalue weighted by Crippen LogP contribution is 1.96. The number of carboxylic acid groups (broad SMARTS) is 1. The van der Waals surface area contributed by atoms with Gasteiger partial charge in [-0.15, -0.1) is 0 Å². The maximum absolute atomic E-state index is 10.2. The SMILES string of the molecule is C=C/C(=C/CC)C(=O)O. The van der Waals surface area contributed by atoms with E-state index in [9.17, 15) is 4.79 Å². The molecule has 0 amide bonds. The van der Waals surface area contributed by atoms with Crippen LogP contribution in [0.5, 0.6) is 0 Å². The van der Waals surface area contributed by atoms with Crippen LogP contribution in [0.25, 0.3) is 0 Å². The summed E-state index contributed by atoms with van der Waals surface area (Å²) < 4.78 is 0. The smallest absolute Gasteiger partial charge is 0.335 e. The lowest BCUT2D eigenvalue weighted by Gasteiger charge is -1.89. The normalized spacial score (nSPS) is 11.0. The molecule has 0 spiro atoms. The third kappa shape index (κ3) is 2.69. The molecule has 0 rings (SSSR count). The Balaban J connectivity index is 4.14. The highest BCUT2D eigenvalue weighted by Gasteiger charge is 1.98. The first-order valence-electron chi connectivity index (χ1n) is 2.78. The minimum Gasteiger partial charge on any atom is -0.478 e. The van der Waals surface area contributed by atoms with Crippen LogP contribution in [0.15, 0.2) is 24.3 Å². The van der Waals surface area contributed by atoms with Crippen LogP contribution in [-0.2, 0) is 4.79 Å². The van der Waals surface area contributed by atoms with Gasteiger partial charge in [-0.25, -0.2) is 4.79 Å². The number of hydrogen-bond donors (Lipinski definition) is 1. The van der Waals surface area contributed by atoms with Gasteiger partial charge in [0.25, 0.3) is 0 Å². The third-order valence-electron chi connectivity index (χ3n) is 0.891. The van der Waals surface area contributed by atoms with Gasteiger partial charge in [0.2, 0.25) is 0 Å². The predicted octanol–water partition coefficient (Wildman–Crippen LogP) is 1.59. The highest BCUT2D eigenvalue weighted by molar-refractivity contribution is 5.89. The van der Waals surface area contributed by atoms with Crippen LogP contribution in [0.3, 0.4) is 0 Å². The number of carboxylic acids is 1. The van der Waals surface area contributed by atoms with E-state index < -0.39 is 5.97 Å². The van der Waals surface area contributed by atoms with E-state index >= 15 is 0 Å². The number of carbonyl (C=O) groups is 1. The van der Waals surface area contributed by atoms with Crippen molar-refractivity contribution < 1.29 is 9.90 Å². The average molecular weight is 126 g/mol. The summed E-state index contributed by atoms with van der Waals surface area (Å²) in [5, 5.41) is 8.36. The molecule has 0 heterocycles. The summed E-state index contributed by atoms with van der Waals surface area (Å²) in [4.78, 5) is 10.2. The number of allylic oxidation sites excluding steroid dienone is 1. The van der Waals surface area contributed by atoms with Crippen molar-refractivity contribution in [3.05, 3.63) is 24.3 Å². The quantitative estimate of drug-likeness (QED) is 0.460. The second-order valence-electron chi connectivity index (χ2n) is 1.58. The van der Waals surface area contributed by atoms with Gasteiger partial charge in [-0.2, -0.15) is 0 Å². The first-order valence-corrected chi connectivity index (χ1v) is 2.78. The molecule has 0 radical (unpaired) electrons. The Kier molecular flexibility index (Phi) is 3.44. The van der Waals surface area contributed by atoms with E-state index in [1.165, 1.54) is 6.08 Å². The van der Waals surface area contributed by atoms with E-state index in [1.807, 2.05) is 6.92 Å². The first-order chi connectivity index (χ1) is 4.22. The van der Waals surface area contributed by atoms with Crippen LogP contribution >= 0.6 is 0 Å². The molecule has 0 saturated heterocycles. The molecule has 50 valence electrons. The van der Waals surface area contributed by atoms with Gasteiger partial charge >= 0.3 is 5.97 Å². The molecule has 0 aliphatic carbocycles. The molecule has 0 aromatic heterocycles. The van der Waals surface area contributed by atoms with Crippen LogP contribution in [0.2, 0.25) is 0 Å². The van der Waals surface area contributed by atoms with Crippen LogP contribution in [-0.4, -0.2) is 11.1 Å². The second kappa shape index (κ2) is 3.89. The van der Waals surface area contributed by atoms with Crippen molar-refractivity contribution in [2.45, 2.75) is 13.3 Å². The van der Waals surface area contributed by atoms with Crippen molar-refractivity contribution in [3.63, 3.8) is 0 Å². The van der Waals surface area contributed by atoms with E-state index in [0.717, 1.165) is 6.42 Å². The van der Waals surface area contributed by atoms with Gasteiger partial charge in [0.05, 0.1) is 5.57 Å². The van der Waals surface area contributed by atoms with Crippen LogP contribution in [0, 0.1) is 0 Å². The van der Waals surface area contributed by atoms with Crippen molar-refractivity contribution in [1.29, 1.82) is 0 Å². The average Bonchev–Trinajstić information content (AvgIpc) is 1.82. The lowest BCUT2D eigenvalue weighted by Crippen LogP contribution is -1.96. The molecule has 0 aromatic carbocycles. The van der Waals surface area contributed by atoms with E-state index in [4.69, 9.17) is 5.11 Å². The van der Waals surface area contributed by atoms with E-state index in [-0.39, 0.29) is 5.57 Å². The summed E-state index contributed by atoms with van der Waals surface area (Å²) in [6, 6.07) is 0. The van der Waals surface area contributed by atoms with Gasteiger partial charge in [-0.1, -0.05) is 25.7 Å². The van der Waals surface area contributed by atoms with Crippen LogP contribution in [0.1, 0.15) is 13.3 Å². The number of aliphatic carboxylic acids is 1. The van der Waals surface area contributed by atoms with Crippen LogP contribution in [0.4, 0.5) is 0 Å². The molecule has 0 fully saturated rings. The second-order valence-corrected chi connectivity index (χ2v) is 1.58. The lowest BCUT2D eigenvalue weighted by molar-refractivity contribution is -0.132. The number of hydrogen-bond acceptors (Lipinski definition) is 1. The molecular formula is C7H10O2. The summed E-state index contributed by atoms with van der Waals surface area (Å²) in [7, 11) is 0. The largest absolute Gasteiger partial charge is 0.478 e. The molecule has 0 aromatic rings. The standard InChI is InChI=1S/C7H10O2/c1-3-5-6(4-2)7(8)9/h4-5H,2-3H2,1H3,(H,8,9)/b6-5-. The molecule has 0 unspecified atom stereocenters. The fourth-order valence-electron chi connectivity index (χ4n) is 0.478. The fraction of sp³-hybridized carbons (Fsp3) is 0.286. The molecule has 0 saturated carbocycles. The summed E-state index contributed by atoms with van der Waals surface area (Å²) in [6.07, 6.45) is 3.69. The van der Waals surface area contributed by atoms with Crippen molar-refractivity contribution in [2.24, 2.45) is 0 Å². The molecule has 0 bridgehead atoms. The zero-order chi connectivity index (χ0) is 7.28. The molecule has 9 heavy (non-hydrogen) atoms. The van der Waals surface area contributed by atoms with Crippen LogP contribution < -0.4 is 0 Å². The fourth-order valence-corrected chi connectivity index (χ4v) is 0.478. The summed E-state index contributed by atoms with van der Waals surface area (Å²) >= 11 is 0. The molecule has 2 nitrogen and oxygen atoms in total. The monoisotopic (exact) mass is 126 g/mol. The minimum atomic E-state index is -0.910. The summed E-state index contributed by atoms with van der Waals surface area (Å²) in [5.41, 5.74) is 0.275. The maximum Gasteiger partial charge on any atom is 0.335 e. The Morgan fingerprint density at radius 3 is 2.44 bits per heavy atom. The van der Waals surface area contributed by atoms with Gasteiger partial charge in [0.1, 0.15) is 0 Å².